The topological polar surface area (TPSA) is 68.5 Å². The Balaban J connectivity index is 1.92. The van der Waals surface area contributed by atoms with Crippen molar-refractivity contribution in [3.63, 3.8) is 0 Å². The summed E-state index contributed by atoms with van der Waals surface area (Å²) < 4.78 is 7.34. The molecule has 3 rings (SSSR count). The molecule has 0 aliphatic carbocycles. The lowest BCUT2D eigenvalue weighted by atomic mass is 10.2. The number of carbonyl (C=O) groups excluding carboxylic acids is 1. The van der Waals surface area contributed by atoms with Crippen molar-refractivity contribution in [3.8, 4) is 11.4 Å². The van der Waals surface area contributed by atoms with Crippen LogP contribution in [0.2, 0.25) is 0 Å². The van der Waals surface area contributed by atoms with Crippen LogP contribution in [-0.4, -0.2) is 33.0 Å². The van der Waals surface area contributed by atoms with Crippen molar-refractivity contribution >= 4 is 17.4 Å². The molecule has 6 heteroatoms. The van der Waals surface area contributed by atoms with Gasteiger partial charge in [0, 0.05) is 12.4 Å². The minimum atomic E-state index is -0.210. The number of ether oxygens (including phenoxy) is 1. The number of hydrogen-bond donors (Lipinski definition) is 1. The van der Waals surface area contributed by atoms with E-state index >= 15 is 0 Å². The monoisotopic (exact) mass is 324 g/mol. The van der Waals surface area contributed by atoms with Crippen molar-refractivity contribution in [1.82, 2.24) is 14.4 Å². The Kier molecular flexibility index (Phi) is 4.86. The van der Waals surface area contributed by atoms with Gasteiger partial charge in [0.2, 0.25) is 0 Å². The molecule has 0 bridgehead atoms. The molecule has 3 aromatic rings. The van der Waals surface area contributed by atoms with Gasteiger partial charge < -0.3 is 10.1 Å². The van der Waals surface area contributed by atoms with E-state index in [-0.39, 0.29) is 18.6 Å². The second kappa shape index (κ2) is 7.23. The number of imidazole rings is 1. The van der Waals surface area contributed by atoms with E-state index in [9.17, 15) is 4.79 Å². The molecule has 0 spiro atoms. The molecule has 0 saturated heterocycles. The summed E-state index contributed by atoms with van der Waals surface area (Å²) in [6.45, 7) is 3.98. The molecule has 1 N–H and O–H groups in total. The predicted molar refractivity (Wildman–Crippen MR) is 92.8 cm³/mol. The van der Waals surface area contributed by atoms with Gasteiger partial charge in [-0.2, -0.15) is 0 Å². The maximum Gasteiger partial charge on any atom is 0.251 e. The zero-order valence-corrected chi connectivity index (χ0v) is 13.8. The molecule has 0 aliphatic heterocycles. The summed E-state index contributed by atoms with van der Waals surface area (Å²) in [7, 11) is 0. The average Bonchev–Trinajstić information content (AvgIpc) is 2.99. The summed E-state index contributed by atoms with van der Waals surface area (Å²) in [6, 6.07) is 11.3. The second-order valence-corrected chi connectivity index (χ2v) is 5.53. The first kappa shape index (κ1) is 16.1. The van der Waals surface area contributed by atoms with Crippen LogP contribution in [-0.2, 0) is 9.53 Å². The maximum atomic E-state index is 12.3. The highest BCUT2D eigenvalue weighted by atomic mass is 16.5. The van der Waals surface area contributed by atoms with Crippen LogP contribution >= 0.6 is 0 Å². The van der Waals surface area contributed by atoms with Gasteiger partial charge in [0.05, 0.1) is 11.8 Å². The Labute approximate surface area is 140 Å². The minimum absolute atomic E-state index is 0.0106. The predicted octanol–water partition coefficient (Wildman–Crippen LogP) is 3.15. The summed E-state index contributed by atoms with van der Waals surface area (Å²) in [4.78, 5) is 21.2. The van der Waals surface area contributed by atoms with Gasteiger partial charge in [-0.1, -0.05) is 19.1 Å². The van der Waals surface area contributed by atoms with Crippen LogP contribution in [0.1, 0.15) is 20.3 Å². The fraction of sp³-hybridized carbons (Fsp3) is 0.278. The van der Waals surface area contributed by atoms with Crippen molar-refractivity contribution in [3.05, 3.63) is 48.8 Å². The van der Waals surface area contributed by atoms with Crippen LogP contribution in [0.5, 0.6) is 0 Å². The lowest BCUT2D eigenvalue weighted by molar-refractivity contribution is -0.122. The number of nitrogens with one attached hydrogen (secondary N) is 1. The fourth-order valence-corrected chi connectivity index (χ4v) is 2.30. The Morgan fingerprint density at radius 3 is 2.88 bits per heavy atom. The number of anilines is 1. The molecule has 0 unspecified atom stereocenters. The Bertz CT molecular complexity index is 829. The molecule has 0 saturated carbocycles. The number of amides is 1. The first-order chi connectivity index (χ1) is 11.7. The summed E-state index contributed by atoms with van der Waals surface area (Å²) in [5.41, 5.74) is 2.09. The van der Waals surface area contributed by atoms with Crippen LogP contribution in [0.3, 0.4) is 0 Å². The molecule has 1 amide bonds. The molecule has 124 valence electrons. The van der Waals surface area contributed by atoms with Gasteiger partial charge in [-0.05, 0) is 37.6 Å². The van der Waals surface area contributed by atoms with Crippen LogP contribution in [0, 0.1) is 0 Å². The number of aromatic nitrogens is 3. The zero-order chi connectivity index (χ0) is 16.9. The van der Waals surface area contributed by atoms with Crippen molar-refractivity contribution < 1.29 is 9.53 Å². The number of rotatable bonds is 6. The standard InChI is InChI=1S/C18H20N4O2/c1-3-13(2)24-12-16(23)21-18-17(14-8-4-6-10-19-14)20-15-9-5-7-11-22(15)18/h4-11,13H,3,12H2,1-2H3,(H,21,23)/t13-/m0/s1. The Hall–Kier alpha value is -2.73. The molecule has 6 nitrogen and oxygen atoms in total. The van der Waals surface area contributed by atoms with Crippen LogP contribution in [0.15, 0.2) is 48.8 Å². The summed E-state index contributed by atoms with van der Waals surface area (Å²) in [5, 5.41) is 2.91. The van der Waals surface area contributed by atoms with E-state index in [4.69, 9.17) is 4.74 Å². The second-order valence-electron chi connectivity index (χ2n) is 5.53. The van der Waals surface area contributed by atoms with Crippen LogP contribution in [0.25, 0.3) is 17.0 Å². The highest BCUT2D eigenvalue weighted by molar-refractivity contribution is 5.95. The van der Waals surface area contributed by atoms with E-state index in [1.807, 2.05) is 60.8 Å². The van der Waals surface area contributed by atoms with E-state index < -0.39 is 0 Å². The highest BCUT2D eigenvalue weighted by Gasteiger charge is 2.17. The number of fused-ring (bicyclic) bond motifs is 1. The summed E-state index contributed by atoms with van der Waals surface area (Å²) in [6.07, 6.45) is 4.48. The highest BCUT2D eigenvalue weighted by Crippen LogP contribution is 2.27. The molecule has 0 aromatic carbocycles. The Morgan fingerprint density at radius 2 is 2.12 bits per heavy atom. The van der Waals surface area contributed by atoms with Crippen LogP contribution < -0.4 is 5.32 Å². The van der Waals surface area contributed by atoms with Crippen molar-refractivity contribution in [2.75, 3.05) is 11.9 Å². The van der Waals surface area contributed by atoms with Crippen molar-refractivity contribution in [2.45, 2.75) is 26.4 Å². The number of carbonyl (C=O) groups is 1. The van der Waals surface area contributed by atoms with Gasteiger partial charge in [0.25, 0.3) is 5.91 Å². The largest absolute Gasteiger partial charge is 0.369 e. The van der Waals surface area contributed by atoms with E-state index in [0.29, 0.717) is 17.2 Å². The van der Waals surface area contributed by atoms with E-state index in [1.54, 1.807) is 6.20 Å². The third-order valence-corrected chi connectivity index (χ3v) is 3.77. The smallest absolute Gasteiger partial charge is 0.251 e. The summed E-state index contributed by atoms with van der Waals surface area (Å²) >= 11 is 0. The number of pyridine rings is 2. The molecule has 0 aliphatic rings. The SMILES string of the molecule is CC[C@H](C)OCC(=O)Nc1c(-c2ccccn2)nc2ccccn12. The van der Waals surface area contributed by atoms with Gasteiger partial charge in [0.1, 0.15) is 23.8 Å². The summed E-state index contributed by atoms with van der Waals surface area (Å²) in [5.74, 6) is 0.389. The molecule has 24 heavy (non-hydrogen) atoms. The number of hydrogen-bond acceptors (Lipinski definition) is 4. The number of nitrogens with zero attached hydrogens (tertiary/aromatic N) is 3. The average molecular weight is 324 g/mol. The van der Waals surface area contributed by atoms with E-state index in [2.05, 4.69) is 15.3 Å². The van der Waals surface area contributed by atoms with E-state index in [0.717, 1.165) is 12.1 Å². The lowest BCUT2D eigenvalue weighted by Gasteiger charge is -2.11. The first-order valence-electron chi connectivity index (χ1n) is 7.99. The Morgan fingerprint density at radius 1 is 1.29 bits per heavy atom. The van der Waals surface area contributed by atoms with Crippen LogP contribution in [0.4, 0.5) is 5.82 Å². The van der Waals surface area contributed by atoms with Gasteiger partial charge in [0.15, 0.2) is 0 Å². The van der Waals surface area contributed by atoms with Gasteiger partial charge in [-0.3, -0.25) is 14.2 Å². The molecule has 3 heterocycles. The fourth-order valence-electron chi connectivity index (χ4n) is 2.30. The first-order valence-corrected chi connectivity index (χ1v) is 7.99. The normalized spacial score (nSPS) is 12.2. The molecule has 1 atom stereocenters. The quantitative estimate of drug-likeness (QED) is 0.756. The third kappa shape index (κ3) is 3.44. The molecule has 0 radical (unpaired) electrons. The van der Waals surface area contributed by atoms with Crippen molar-refractivity contribution in [2.24, 2.45) is 0 Å². The molecular formula is C18H20N4O2. The van der Waals surface area contributed by atoms with Gasteiger partial charge >= 0.3 is 0 Å². The lowest BCUT2D eigenvalue weighted by Crippen LogP contribution is -2.22. The minimum Gasteiger partial charge on any atom is -0.369 e. The third-order valence-electron chi connectivity index (χ3n) is 3.77. The molecule has 3 aromatic heterocycles. The van der Waals surface area contributed by atoms with E-state index in [1.165, 1.54) is 0 Å². The zero-order valence-electron chi connectivity index (χ0n) is 13.8. The molecule has 0 fully saturated rings. The van der Waals surface area contributed by atoms with Crippen molar-refractivity contribution in [1.29, 1.82) is 0 Å². The maximum absolute atomic E-state index is 12.3. The van der Waals surface area contributed by atoms with Gasteiger partial charge in [-0.15, -0.1) is 0 Å². The molecular weight excluding hydrogens is 304 g/mol. The van der Waals surface area contributed by atoms with Gasteiger partial charge in [-0.25, -0.2) is 4.98 Å².